The van der Waals surface area contributed by atoms with Crippen molar-refractivity contribution in [1.82, 2.24) is 30.4 Å². The van der Waals surface area contributed by atoms with E-state index in [4.69, 9.17) is 4.42 Å². The number of aromatic nitrogens is 4. The Bertz CT molecular complexity index is 1010. The van der Waals surface area contributed by atoms with Crippen LogP contribution in [0.1, 0.15) is 48.6 Å². The van der Waals surface area contributed by atoms with Gasteiger partial charge in [0.2, 0.25) is 5.89 Å². The van der Waals surface area contributed by atoms with Crippen molar-refractivity contribution < 1.29 is 4.42 Å². The second kappa shape index (κ2) is 12.0. The topological polar surface area (TPSA) is 93.2 Å². The van der Waals surface area contributed by atoms with E-state index in [-0.39, 0.29) is 24.0 Å². The monoisotopic (exact) mass is 549 g/mol. The molecule has 0 aliphatic carbocycles. The Balaban J connectivity index is 0.00000289. The van der Waals surface area contributed by atoms with Crippen molar-refractivity contribution >= 4 is 29.9 Å². The third-order valence-electron chi connectivity index (χ3n) is 5.57. The normalized spacial score (nSPS) is 13.8. The maximum atomic E-state index is 5.62. The summed E-state index contributed by atoms with van der Waals surface area (Å²) in [4.78, 5) is 8.86. The van der Waals surface area contributed by atoms with Gasteiger partial charge in [-0.3, -0.25) is 4.99 Å². The van der Waals surface area contributed by atoms with Crippen molar-refractivity contribution in [1.29, 1.82) is 0 Å². The van der Waals surface area contributed by atoms with Gasteiger partial charge in [0.1, 0.15) is 17.9 Å². The number of nitrogens with one attached hydrogen (secondary N) is 2. The van der Waals surface area contributed by atoms with Crippen LogP contribution in [0.2, 0.25) is 0 Å². The average Bonchev–Trinajstić information content (AvgIpc) is 3.34. The molecule has 4 rings (SSSR count). The van der Waals surface area contributed by atoms with Gasteiger partial charge in [0.25, 0.3) is 0 Å². The van der Waals surface area contributed by atoms with Crippen molar-refractivity contribution in [2.45, 2.75) is 58.5 Å². The van der Waals surface area contributed by atoms with Crippen LogP contribution in [0.3, 0.4) is 0 Å². The second-order valence-corrected chi connectivity index (χ2v) is 7.96. The molecule has 0 amide bonds. The lowest BCUT2D eigenvalue weighted by Crippen LogP contribution is -2.37. The Hall–Kier alpha value is -2.43. The molecule has 0 atom stereocenters. The molecule has 0 bridgehead atoms. The fraction of sp³-hybridized carbons (Fsp3) is 0.478. The van der Waals surface area contributed by atoms with Gasteiger partial charge in [-0.05, 0) is 38.3 Å². The number of fused-ring (bicyclic) bond motifs is 1. The lowest BCUT2D eigenvalue weighted by Gasteiger charge is -2.11. The van der Waals surface area contributed by atoms with Crippen LogP contribution in [-0.2, 0) is 25.9 Å². The van der Waals surface area contributed by atoms with Crippen molar-refractivity contribution in [3.63, 3.8) is 0 Å². The highest BCUT2D eigenvalue weighted by Gasteiger charge is 2.14. The number of nitrogens with zero attached hydrogens (tertiary/aromatic N) is 5. The van der Waals surface area contributed by atoms with E-state index in [0.29, 0.717) is 12.4 Å². The largest absolute Gasteiger partial charge is 0.444 e. The quantitative estimate of drug-likeness (QED) is 0.201. The van der Waals surface area contributed by atoms with E-state index in [0.717, 1.165) is 61.2 Å². The zero-order chi connectivity index (χ0) is 21.5. The fourth-order valence-electron chi connectivity index (χ4n) is 3.80. The third kappa shape index (κ3) is 6.30. The summed E-state index contributed by atoms with van der Waals surface area (Å²) in [5.74, 6) is 3.63. The van der Waals surface area contributed by atoms with Crippen molar-refractivity contribution in [2.24, 2.45) is 4.99 Å². The first-order chi connectivity index (χ1) is 15.2. The van der Waals surface area contributed by atoms with Gasteiger partial charge >= 0.3 is 0 Å². The molecular formula is C23H32IN7O. The highest BCUT2D eigenvalue weighted by atomic mass is 127. The Kier molecular flexibility index (Phi) is 9.07. The molecule has 1 aromatic carbocycles. The van der Waals surface area contributed by atoms with Crippen molar-refractivity contribution in [2.75, 3.05) is 13.6 Å². The summed E-state index contributed by atoms with van der Waals surface area (Å²) >= 11 is 0. The summed E-state index contributed by atoms with van der Waals surface area (Å²) in [6.07, 6.45) is 8.35. The molecule has 172 valence electrons. The van der Waals surface area contributed by atoms with Crippen LogP contribution in [-0.4, -0.2) is 39.3 Å². The van der Waals surface area contributed by atoms with E-state index < -0.39 is 0 Å². The van der Waals surface area contributed by atoms with E-state index >= 15 is 0 Å². The molecule has 32 heavy (non-hydrogen) atoms. The van der Waals surface area contributed by atoms with E-state index in [9.17, 15) is 0 Å². The van der Waals surface area contributed by atoms with Gasteiger partial charge in [0.15, 0.2) is 5.96 Å². The highest BCUT2D eigenvalue weighted by Crippen LogP contribution is 2.19. The molecule has 8 nitrogen and oxygen atoms in total. The zero-order valence-corrected chi connectivity index (χ0v) is 21.1. The fourth-order valence-corrected chi connectivity index (χ4v) is 3.80. The first-order valence-electron chi connectivity index (χ1n) is 11.1. The summed E-state index contributed by atoms with van der Waals surface area (Å²) in [5, 5.41) is 15.4. The number of aryl methyl sites for hydroxylation is 3. The molecule has 0 spiro atoms. The Morgan fingerprint density at radius 1 is 1.12 bits per heavy atom. The third-order valence-corrected chi connectivity index (χ3v) is 5.57. The first kappa shape index (κ1) is 24.2. The summed E-state index contributed by atoms with van der Waals surface area (Å²) in [6, 6.07) is 8.15. The van der Waals surface area contributed by atoms with E-state index in [1.54, 1.807) is 13.3 Å². The molecule has 0 saturated heterocycles. The van der Waals surface area contributed by atoms with Crippen LogP contribution < -0.4 is 10.6 Å². The van der Waals surface area contributed by atoms with Gasteiger partial charge < -0.3 is 19.6 Å². The number of rotatable bonds is 7. The van der Waals surface area contributed by atoms with Crippen LogP contribution in [0, 0.1) is 6.92 Å². The van der Waals surface area contributed by atoms with Gasteiger partial charge in [-0.2, -0.15) is 0 Å². The van der Waals surface area contributed by atoms with Crippen LogP contribution in [0.25, 0.3) is 11.5 Å². The van der Waals surface area contributed by atoms with Gasteiger partial charge in [0.05, 0.1) is 12.2 Å². The Morgan fingerprint density at radius 2 is 1.97 bits per heavy atom. The maximum Gasteiger partial charge on any atom is 0.226 e. The summed E-state index contributed by atoms with van der Waals surface area (Å²) in [5.41, 5.74) is 3.03. The number of aliphatic imine (C=N–C) groups is 1. The minimum Gasteiger partial charge on any atom is -0.444 e. The molecule has 3 aromatic rings. The van der Waals surface area contributed by atoms with Gasteiger partial charge in [0, 0.05) is 38.5 Å². The molecule has 0 saturated carbocycles. The number of halogens is 1. The van der Waals surface area contributed by atoms with Gasteiger partial charge in [-0.1, -0.05) is 24.1 Å². The molecular weight excluding hydrogens is 517 g/mol. The summed E-state index contributed by atoms with van der Waals surface area (Å²) in [6.45, 7) is 4.48. The summed E-state index contributed by atoms with van der Waals surface area (Å²) in [7, 11) is 1.77. The van der Waals surface area contributed by atoms with Gasteiger partial charge in [-0.25, -0.2) is 4.98 Å². The maximum absolute atomic E-state index is 5.62. The summed E-state index contributed by atoms with van der Waals surface area (Å²) < 4.78 is 7.94. The molecule has 1 aliphatic rings. The van der Waals surface area contributed by atoms with Crippen molar-refractivity contribution in [3.8, 4) is 11.5 Å². The molecule has 2 aromatic heterocycles. The lowest BCUT2D eigenvalue weighted by molar-refractivity contribution is 0.572. The number of guanidine groups is 1. The van der Waals surface area contributed by atoms with Crippen LogP contribution in [0.15, 0.2) is 39.9 Å². The molecule has 1 aliphatic heterocycles. The number of oxazole rings is 1. The predicted octanol–water partition coefficient (Wildman–Crippen LogP) is 3.88. The molecule has 0 unspecified atom stereocenters. The Morgan fingerprint density at radius 3 is 2.78 bits per heavy atom. The average molecular weight is 549 g/mol. The molecule has 0 radical (unpaired) electrons. The van der Waals surface area contributed by atoms with E-state index in [1.807, 2.05) is 12.1 Å². The number of benzene rings is 1. The second-order valence-electron chi connectivity index (χ2n) is 7.96. The predicted molar refractivity (Wildman–Crippen MR) is 136 cm³/mol. The van der Waals surface area contributed by atoms with Gasteiger partial charge in [-0.15, -0.1) is 34.2 Å². The molecule has 9 heteroatoms. The van der Waals surface area contributed by atoms with Crippen LogP contribution in [0.5, 0.6) is 0 Å². The minimum absolute atomic E-state index is 0. The lowest BCUT2D eigenvalue weighted by atomic mass is 10.1. The standard InChI is InChI=1S/C23H31N7O.HI/c1-17-9-11-18(12-10-17)22-27-19(16-31-22)15-26-23(24-2)25-13-6-8-21-29-28-20-7-4-3-5-14-30(20)21;/h9-12,16H,3-8,13-15H2,1-2H3,(H2,24,25,26);1H. The molecule has 0 fully saturated rings. The molecule has 3 heterocycles. The smallest absolute Gasteiger partial charge is 0.226 e. The zero-order valence-electron chi connectivity index (χ0n) is 18.8. The van der Waals surface area contributed by atoms with Crippen molar-refractivity contribution in [3.05, 3.63) is 53.4 Å². The van der Waals surface area contributed by atoms with Crippen LogP contribution in [0.4, 0.5) is 0 Å². The van der Waals surface area contributed by atoms with E-state index in [2.05, 4.69) is 54.4 Å². The van der Waals surface area contributed by atoms with Crippen LogP contribution >= 0.6 is 24.0 Å². The minimum atomic E-state index is 0. The number of hydrogen-bond acceptors (Lipinski definition) is 5. The SMILES string of the molecule is CN=C(NCCCc1nnc2n1CCCCC2)NCc1coc(-c2ccc(C)cc2)n1.I. The highest BCUT2D eigenvalue weighted by molar-refractivity contribution is 14.0. The Labute approximate surface area is 206 Å². The molecule has 2 N–H and O–H groups in total. The first-order valence-corrected chi connectivity index (χ1v) is 11.1. The number of hydrogen-bond donors (Lipinski definition) is 2. The van der Waals surface area contributed by atoms with E-state index in [1.165, 1.54) is 24.8 Å².